The predicted molar refractivity (Wildman–Crippen MR) is 63.5 cm³/mol. The van der Waals surface area contributed by atoms with Crippen molar-refractivity contribution in [2.45, 2.75) is 12.5 Å². The van der Waals surface area contributed by atoms with Gasteiger partial charge in [0.05, 0.1) is 5.56 Å². The Balaban J connectivity index is 2.49. The molecule has 0 amide bonds. The van der Waals surface area contributed by atoms with Gasteiger partial charge in [-0.1, -0.05) is 24.3 Å². The molecule has 0 N–H and O–H groups in total. The van der Waals surface area contributed by atoms with Gasteiger partial charge in [-0.25, -0.2) is 4.39 Å². The van der Waals surface area contributed by atoms with Gasteiger partial charge in [-0.3, -0.25) is 0 Å². The molecule has 0 unspecified atom stereocenters. The highest BCUT2D eigenvalue weighted by Crippen LogP contribution is 2.37. The Hall–Kier alpha value is -2.25. The molecule has 0 aliphatic heterocycles. The summed E-state index contributed by atoms with van der Waals surface area (Å²) >= 11 is 0. The van der Waals surface area contributed by atoms with E-state index in [1.54, 1.807) is 0 Å². The fourth-order valence-electron chi connectivity index (χ4n) is 1.81. The monoisotopic (exact) mass is 324 g/mol. The zero-order chi connectivity index (χ0) is 16.5. The van der Waals surface area contributed by atoms with Crippen LogP contribution >= 0.6 is 0 Å². The lowest BCUT2D eigenvalue weighted by Gasteiger charge is -2.14. The van der Waals surface area contributed by atoms with Crippen LogP contribution in [0.3, 0.4) is 0 Å². The molecule has 8 heteroatoms. The highest BCUT2D eigenvalue weighted by atomic mass is 19.4. The molecule has 0 bridgehead atoms. The number of halogens is 7. The Morgan fingerprint density at radius 1 is 0.773 bits per heavy atom. The summed E-state index contributed by atoms with van der Waals surface area (Å²) in [5.74, 6) is -2.00. The molecule has 0 spiro atoms. The van der Waals surface area contributed by atoms with E-state index in [0.29, 0.717) is 6.07 Å². The van der Waals surface area contributed by atoms with Gasteiger partial charge in [-0.2, -0.15) is 13.2 Å². The van der Waals surface area contributed by atoms with Crippen molar-refractivity contribution in [1.29, 1.82) is 0 Å². The van der Waals surface area contributed by atoms with Crippen molar-refractivity contribution in [2.24, 2.45) is 0 Å². The molecule has 0 heterocycles. The van der Waals surface area contributed by atoms with Crippen LogP contribution in [0.2, 0.25) is 0 Å². The first-order chi connectivity index (χ1) is 10.1. The van der Waals surface area contributed by atoms with Crippen molar-refractivity contribution >= 4 is 0 Å². The standard InChI is InChI=1S/C14H7F7O/c15-11-7-8(13(16,17)18)5-6-9(11)10-3-1-2-4-12(10)22-14(19,20)21/h1-7H. The van der Waals surface area contributed by atoms with Crippen LogP contribution in [-0.4, -0.2) is 6.36 Å². The topological polar surface area (TPSA) is 9.23 Å². The zero-order valence-corrected chi connectivity index (χ0v) is 10.6. The number of hydrogen-bond donors (Lipinski definition) is 0. The first-order valence-corrected chi connectivity index (χ1v) is 5.80. The lowest BCUT2D eigenvalue weighted by molar-refractivity contribution is -0.274. The second-order valence-electron chi connectivity index (χ2n) is 4.24. The van der Waals surface area contributed by atoms with Gasteiger partial charge in [0.1, 0.15) is 11.6 Å². The summed E-state index contributed by atoms with van der Waals surface area (Å²) in [7, 11) is 0. The molecule has 0 atom stereocenters. The van der Waals surface area contributed by atoms with Crippen molar-refractivity contribution in [1.82, 2.24) is 0 Å². The lowest BCUT2D eigenvalue weighted by Crippen LogP contribution is -2.17. The number of ether oxygens (including phenoxy) is 1. The molecule has 2 aromatic rings. The van der Waals surface area contributed by atoms with Crippen LogP contribution in [-0.2, 0) is 6.18 Å². The van der Waals surface area contributed by atoms with Crippen LogP contribution in [0.1, 0.15) is 5.56 Å². The zero-order valence-electron chi connectivity index (χ0n) is 10.6. The SMILES string of the molecule is Fc1cc(C(F)(F)F)ccc1-c1ccccc1OC(F)(F)F. The van der Waals surface area contributed by atoms with E-state index in [4.69, 9.17) is 0 Å². The fraction of sp³-hybridized carbons (Fsp3) is 0.143. The maximum atomic E-state index is 13.8. The van der Waals surface area contributed by atoms with Crippen molar-refractivity contribution in [2.75, 3.05) is 0 Å². The lowest BCUT2D eigenvalue weighted by atomic mass is 10.0. The molecule has 0 aliphatic carbocycles. The maximum Gasteiger partial charge on any atom is 0.573 e. The maximum absolute atomic E-state index is 13.8. The molecule has 0 saturated heterocycles. The Morgan fingerprint density at radius 3 is 1.95 bits per heavy atom. The van der Waals surface area contributed by atoms with Gasteiger partial charge in [-0.05, 0) is 18.2 Å². The van der Waals surface area contributed by atoms with Gasteiger partial charge < -0.3 is 4.74 Å². The average molecular weight is 324 g/mol. The van der Waals surface area contributed by atoms with Crippen molar-refractivity contribution in [3.63, 3.8) is 0 Å². The molecule has 0 radical (unpaired) electrons. The second-order valence-corrected chi connectivity index (χ2v) is 4.24. The van der Waals surface area contributed by atoms with Gasteiger partial charge in [-0.15, -0.1) is 13.2 Å². The third-order valence-corrected chi connectivity index (χ3v) is 2.70. The molecule has 0 saturated carbocycles. The van der Waals surface area contributed by atoms with Crippen LogP contribution in [0, 0.1) is 5.82 Å². The molecule has 118 valence electrons. The second kappa shape index (κ2) is 5.51. The van der Waals surface area contributed by atoms with E-state index in [2.05, 4.69) is 4.74 Å². The van der Waals surface area contributed by atoms with Gasteiger partial charge in [0.25, 0.3) is 0 Å². The molecule has 1 nitrogen and oxygen atoms in total. The van der Waals surface area contributed by atoms with Gasteiger partial charge in [0.15, 0.2) is 0 Å². The molecular weight excluding hydrogens is 317 g/mol. The van der Waals surface area contributed by atoms with E-state index in [1.165, 1.54) is 12.1 Å². The van der Waals surface area contributed by atoms with E-state index in [9.17, 15) is 30.7 Å². The molecule has 0 aliphatic rings. The van der Waals surface area contributed by atoms with Crippen LogP contribution in [0.5, 0.6) is 5.75 Å². The summed E-state index contributed by atoms with van der Waals surface area (Å²) in [6.45, 7) is 0. The number of para-hydroxylation sites is 1. The minimum atomic E-state index is -5.00. The van der Waals surface area contributed by atoms with Crippen molar-refractivity contribution in [3.05, 3.63) is 53.8 Å². The van der Waals surface area contributed by atoms with E-state index in [1.807, 2.05) is 0 Å². The van der Waals surface area contributed by atoms with E-state index < -0.39 is 35.2 Å². The first-order valence-electron chi connectivity index (χ1n) is 5.80. The molecule has 0 fully saturated rings. The highest BCUT2D eigenvalue weighted by molar-refractivity contribution is 5.71. The van der Waals surface area contributed by atoms with E-state index in [0.717, 1.165) is 18.2 Å². The van der Waals surface area contributed by atoms with E-state index >= 15 is 0 Å². The quantitative estimate of drug-likeness (QED) is 0.671. The summed E-state index contributed by atoms with van der Waals surface area (Å²) in [6, 6.07) is 6.17. The van der Waals surface area contributed by atoms with Crippen LogP contribution in [0.4, 0.5) is 30.7 Å². The predicted octanol–water partition coefficient (Wildman–Crippen LogP) is 5.41. The molecule has 0 aromatic heterocycles. The van der Waals surface area contributed by atoms with Gasteiger partial charge in [0, 0.05) is 11.1 Å². The van der Waals surface area contributed by atoms with Crippen molar-refractivity contribution < 1.29 is 35.5 Å². The van der Waals surface area contributed by atoms with Crippen LogP contribution in [0.15, 0.2) is 42.5 Å². The number of benzene rings is 2. The Morgan fingerprint density at radius 2 is 1.41 bits per heavy atom. The minimum Gasteiger partial charge on any atom is -0.405 e. The smallest absolute Gasteiger partial charge is 0.405 e. The number of hydrogen-bond acceptors (Lipinski definition) is 1. The average Bonchev–Trinajstić information content (AvgIpc) is 2.37. The summed E-state index contributed by atoms with van der Waals surface area (Å²) in [5, 5.41) is 0. The van der Waals surface area contributed by atoms with Crippen LogP contribution < -0.4 is 4.74 Å². The highest BCUT2D eigenvalue weighted by Gasteiger charge is 2.33. The third-order valence-electron chi connectivity index (χ3n) is 2.70. The Kier molecular flexibility index (Phi) is 4.04. The largest absolute Gasteiger partial charge is 0.573 e. The molecule has 2 rings (SSSR count). The molecule has 2 aromatic carbocycles. The Labute approximate surface area is 119 Å². The first kappa shape index (κ1) is 16.1. The van der Waals surface area contributed by atoms with Crippen LogP contribution in [0.25, 0.3) is 11.1 Å². The summed E-state index contributed by atoms with van der Waals surface area (Å²) in [5.41, 5.74) is -1.96. The van der Waals surface area contributed by atoms with Crippen molar-refractivity contribution in [3.8, 4) is 16.9 Å². The van der Waals surface area contributed by atoms with Gasteiger partial charge >= 0.3 is 12.5 Å². The number of alkyl halides is 6. The fourth-order valence-corrected chi connectivity index (χ4v) is 1.81. The van der Waals surface area contributed by atoms with E-state index in [-0.39, 0.29) is 11.6 Å². The summed E-state index contributed by atoms with van der Waals surface area (Å²) in [6.07, 6.45) is -9.75. The summed E-state index contributed by atoms with van der Waals surface area (Å²) < 4.78 is 91.9. The van der Waals surface area contributed by atoms with Gasteiger partial charge in [0.2, 0.25) is 0 Å². The third kappa shape index (κ3) is 3.69. The number of rotatable bonds is 2. The summed E-state index contributed by atoms with van der Waals surface area (Å²) in [4.78, 5) is 0. The molecule has 22 heavy (non-hydrogen) atoms. The Bertz CT molecular complexity index is 674. The minimum absolute atomic E-state index is 0.222. The molecular formula is C14H7F7O. The normalized spacial score (nSPS) is 12.3.